The van der Waals surface area contributed by atoms with E-state index in [1.165, 1.54) is 37.8 Å². The minimum absolute atomic E-state index is 1.32. The van der Waals surface area contributed by atoms with Gasteiger partial charge in [0, 0.05) is 0 Å². The van der Waals surface area contributed by atoms with E-state index in [0.29, 0.717) is 0 Å². The average molecular weight is 309 g/mol. The van der Waals surface area contributed by atoms with Crippen LogP contribution >= 0.6 is 22.7 Å². The highest BCUT2D eigenvalue weighted by atomic mass is 32.1. The Bertz CT molecular complexity index is 401. The van der Waals surface area contributed by atoms with Crippen molar-refractivity contribution >= 4 is 39.7 Å². The molecule has 0 amide bonds. The van der Waals surface area contributed by atoms with Crippen molar-refractivity contribution < 1.29 is 0 Å². The summed E-state index contributed by atoms with van der Waals surface area (Å²) < 4.78 is 3.41. The standard InChI is InChI=1S/C16H24S2Si/c1-3-5-13-19(14-6-4-2,15-9-7-11-17-15)16-10-8-12-18-16/h7-12H,3-6,13-14H2,1-2H3. The topological polar surface area (TPSA) is 0 Å². The largest absolute Gasteiger partial charge is 0.153 e. The summed E-state index contributed by atoms with van der Waals surface area (Å²) in [5, 5.41) is 4.53. The molecule has 0 nitrogen and oxygen atoms in total. The summed E-state index contributed by atoms with van der Waals surface area (Å²) in [4.78, 5) is 0. The molecule has 0 unspecified atom stereocenters. The van der Waals surface area contributed by atoms with Gasteiger partial charge in [0.15, 0.2) is 0 Å². The molecule has 0 aliphatic carbocycles. The molecule has 0 saturated heterocycles. The molecule has 2 rings (SSSR count). The van der Waals surface area contributed by atoms with Crippen LogP contribution < -0.4 is 9.00 Å². The van der Waals surface area contributed by atoms with Crippen LogP contribution in [0.5, 0.6) is 0 Å². The summed E-state index contributed by atoms with van der Waals surface area (Å²) in [7, 11) is -1.45. The molecule has 104 valence electrons. The molecule has 0 spiro atoms. The molecule has 0 saturated carbocycles. The van der Waals surface area contributed by atoms with Gasteiger partial charge in [-0.15, -0.1) is 0 Å². The van der Waals surface area contributed by atoms with E-state index in [2.05, 4.69) is 48.9 Å². The summed E-state index contributed by atoms with van der Waals surface area (Å²) in [6.07, 6.45) is 5.40. The van der Waals surface area contributed by atoms with Gasteiger partial charge >= 0.3 is 0 Å². The zero-order valence-electron chi connectivity index (χ0n) is 12.0. The molecule has 0 N–H and O–H groups in total. The van der Waals surface area contributed by atoms with Crippen molar-refractivity contribution in [3.63, 3.8) is 0 Å². The molecule has 2 aromatic rings. The van der Waals surface area contributed by atoms with E-state index in [1.54, 1.807) is 9.00 Å². The van der Waals surface area contributed by atoms with E-state index in [9.17, 15) is 0 Å². The summed E-state index contributed by atoms with van der Waals surface area (Å²) in [5.74, 6) is 0. The van der Waals surface area contributed by atoms with Crippen LogP contribution in [0.15, 0.2) is 35.0 Å². The Hall–Kier alpha value is -0.383. The Morgan fingerprint density at radius 1 is 0.842 bits per heavy atom. The predicted octanol–water partition coefficient (Wildman–Crippen LogP) is 4.97. The van der Waals surface area contributed by atoms with Crippen molar-refractivity contribution in [3.05, 3.63) is 35.0 Å². The van der Waals surface area contributed by atoms with Crippen LogP contribution in [0.25, 0.3) is 0 Å². The molecule has 0 fully saturated rings. The predicted molar refractivity (Wildman–Crippen MR) is 93.1 cm³/mol. The average Bonchev–Trinajstić information content (AvgIpc) is 3.12. The maximum atomic E-state index is 2.40. The van der Waals surface area contributed by atoms with Crippen LogP contribution in [-0.4, -0.2) is 8.07 Å². The van der Waals surface area contributed by atoms with Gasteiger partial charge in [0.2, 0.25) is 0 Å². The van der Waals surface area contributed by atoms with Gasteiger partial charge in [-0.2, -0.15) is 22.7 Å². The van der Waals surface area contributed by atoms with Crippen molar-refractivity contribution in [3.8, 4) is 0 Å². The zero-order chi connectivity index (χ0) is 13.6. The van der Waals surface area contributed by atoms with Gasteiger partial charge in [-0.3, -0.25) is 0 Å². The molecule has 2 heterocycles. The van der Waals surface area contributed by atoms with E-state index in [1.807, 2.05) is 22.7 Å². The monoisotopic (exact) mass is 308 g/mol. The van der Waals surface area contributed by atoms with E-state index < -0.39 is 8.07 Å². The van der Waals surface area contributed by atoms with Crippen molar-refractivity contribution in [1.29, 1.82) is 0 Å². The molecule has 0 bridgehead atoms. The van der Waals surface area contributed by atoms with Gasteiger partial charge in [-0.25, -0.2) is 0 Å². The second kappa shape index (κ2) is 7.41. The summed E-state index contributed by atoms with van der Waals surface area (Å²) in [5.41, 5.74) is 0. The first-order valence-corrected chi connectivity index (χ1v) is 11.6. The minimum atomic E-state index is -1.45. The Labute approximate surface area is 126 Å². The van der Waals surface area contributed by atoms with Crippen LogP contribution in [0.4, 0.5) is 0 Å². The number of hydrogen-bond acceptors (Lipinski definition) is 2. The molecule has 0 radical (unpaired) electrons. The Morgan fingerprint density at radius 2 is 1.32 bits per heavy atom. The quantitative estimate of drug-likeness (QED) is 0.604. The van der Waals surface area contributed by atoms with Gasteiger partial charge in [0.25, 0.3) is 0 Å². The highest BCUT2D eigenvalue weighted by Crippen LogP contribution is 2.25. The van der Waals surface area contributed by atoms with Gasteiger partial charge in [-0.05, 0) is 31.8 Å². The molecule has 2 aromatic heterocycles. The van der Waals surface area contributed by atoms with Crippen molar-refractivity contribution in [1.82, 2.24) is 0 Å². The van der Waals surface area contributed by atoms with E-state index in [0.717, 1.165) is 0 Å². The number of unbranched alkanes of at least 4 members (excludes halogenated alkanes) is 2. The molecule has 3 heteroatoms. The first kappa shape index (κ1) is 15.0. The summed E-state index contributed by atoms with van der Waals surface area (Å²) in [6.45, 7) is 4.64. The van der Waals surface area contributed by atoms with Gasteiger partial charge in [-0.1, -0.05) is 63.8 Å². The summed E-state index contributed by atoms with van der Waals surface area (Å²) >= 11 is 3.99. The van der Waals surface area contributed by atoms with Crippen LogP contribution in [0.3, 0.4) is 0 Å². The SMILES string of the molecule is CCCC[Si](CCCC)(c1cccs1)c1cccs1. The van der Waals surface area contributed by atoms with E-state index in [4.69, 9.17) is 0 Å². The lowest BCUT2D eigenvalue weighted by atomic mass is 10.4. The lowest BCUT2D eigenvalue weighted by Gasteiger charge is -2.30. The lowest BCUT2D eigenvalue weighted by molar-refractivity contribution is 0.839. The van der Waals surface area contributed by atoms with Crippen LogP contribution in [0, 0.1) is 0 Å². The van der Waals surface area contributed by atoms with Crippen LogP contribution in [0.2, 0.25) is 12.1 Å². The van der Waals surface area contributed by atoms with Crippen LogP contribution in [0.1, 0.15) is 39.5 Å². The zero-order valence-corrected chi connectivity index (χ0v) is 14.7. The molecule has 0 atom stereocenters. The Morgan fingerprint density at radius 3 is 1.63 bits per heavy atom. The Kier molecular flexibility index (Phi) is 5.86. The second-order valence-electron chi connectivity index (χ2n) is 5.24. The molecule has 19 heavy (non-hydrogen) atoms. The smallest absolute Gasteiger partial charge is 0.143 e. The molecule has 0 aromatic carbocycles. The fourth-order valence-electron chi connectivity index (χ4n) is 2.80. The van der Waals surface area contributed by atoms with E-state index >= 15 is 0 Å². The Balaban J connectivity index is 2.38. The lowest BCUT2D eigenvalue weighted by Crippen LogP contribution is -2.55. The number of rotatable bonds is 8. The first-order chi connectivity index (χ1) is 9.33. The minimum Gasteiger partial charge on any atom is -0.153 e. The molecule has 0 aliphatic rings. The highest BCUT2D eigenvalue weighted by Gasteiger charge is 2.37. The first-order valence-electron chi connectivity index (χ1n) is 7.41. The van der Waals surface area contributed by atoms with Gasteiger partial charge in [0.05, 0.1) is 0 Å². The van der Waals surface area contributed by atoms with Crippen molar-refractivity contribution in [2.75, 3.05) is 0 Å². The fraction of sp³-hybridized carbons (Fsp3) is 0.500. The summed E-state index contributed by atoms with van der Waals surface area (Å²) in [6, 6.07) is 12.2. The third kappa shape index (κ3) is 3.39. The second-order valence-corrected chi connectivity index (χ2v) is 12.1. The van der Waals surface area contributed by atoms with E-state index in [-0.39, 0.29) is 0 Å². The third-order valence-corrected chi connectivity index (χ3v) is 13.0. The molecular formula is C16H24S2Si. The normalized spacial score (nSPS) is 11.9. The molecule has 0 aliphatic heterocycles. The van der Waals surface area contributed by atoms with Crippen molar-refractivity contribution in [2.24, 2.45) is 0 Å². The highest BCUT2D eigenvalue weighted by molar-refractivity contribution is 7.36. The fourth-order valence-corrected chi connectivity index (χ4v) is 12.2. The molecular weight excluding hydrogens is 284 g/mol. The third-order valence-electron chi connectivity index (χ3n) is 3.90. The van der Waals surface area contributed by atoms with Gasteiger partial charge < -0.3 is 0 Å². The maximum Gasteiger partial charge on any atom is 0.143 e. The van der Waals surface area contributed by atoms with Crippen LogP contribution in [-0.2, 0) is 0 Å². The van der Waals surface area contributed by atoms with Gasteiger partial charge in [0.1, 0.15) is 8.07 Å². The van der Waals surface area contributed by atoms with Crippen molar-refractivity contribution in [2.45, 2.75) is 51.6 Å². The number of thiophene rings is 2. The number of hydrogen-bond donors (Lipinski definition) is 0. The maximum absolute atomic E-state index is 2.40.